The highest BCUT2D eigenvalue weighted by Gasteiger charge is 2.27. The lowest BCUT2D eigenvalue weighted by atomic mass is 9.96. The van der Waals surface area contributed by atoms with Gasteiger partial charge in [0.1, 0.15) is 5.60 Å². The largest absolute Gasteiger partial charge is 0.456 e. The van der Waals surface area contributed by atoms with Gasteiger partial charge in [0.2, 0.25) is 0 Å². The maximum Gasteiger partial charge on any atom is 0.338 e. The van der Waals surface area contributed by atoms with Crippen molar-refractivity contribution in [3.63, 3.8) is 0 Å². The van der Waals surface area contributed by atoms with Crippen molar-refractivity contribution in [2.45, 2.75) is 64.9 Å². The molecule has 1 saturated carbocycles. The van der Waals surface area contributed by atoms with Crippen molar-refractivity contribution in [3.05, 3.63) is 59.3 Å². The third kappa shape index (κ3) is 3.56. The number of carbonyl (C=O) groups excluding carboxylic acids is 1. The van der Waals surface area contributed by atoms with Crippen LogP contribution in [0.1, 0.15) is 74.0 Å². The van der Waals surface area contributed by atoms with E-state index in [2.05, 4.69) is 23.7 Å². The summed E-state index contributed by atoms with van der Waals surface area (Å²) in [6.45, 7) is 7.74. The molecule has 146 valence electrons. The molecule has 1 aromatic heterocycles. The van der Waals surface area contributed by atoms with Crippen LogP contribution < -0.4 is 0 Å². The van der Waals surface area contributed by atoms with E-state index in [1.165, 1.54) is 36.8 Å². The van der Waals surface area contributed by atoms with E-state index in [-0.39, 0.29) is 5.97 Å². The van der Waals surface area contributed by atoms with Gasteiger partial charge >= 0.3 is 5.97 Å². The molecule has 1 aliphatic rings. The molecule has 3 aromatic rings. The van der Waals surface area contributed by atoms with Crippen molar-refractivity contribution in [2.75, 3.05) is 0 Å². The van der Waals surface area contributed by atoms with Gasteiger partial charge in [-0.2, -0.15) is 5.10 Å². The van der Waals surface area contributed by atoms with Crippen LogP contribution in [0.2, 0.25) is 0 Å². The van der Waals surface area contributed by atoms with Crippen molar-refractivity contribution in [2.24, 2.45) is 0 Å². The first kappa shape index (κ1) is 18.7. The van der Waals surface area contributed by atoms with Gasteiger partial charge in [-0.1, -0.05) is 31.0 Å². The summed E-state index contributed by atoms with van der Waals surface area (Å²) in [6.07, 6.45) is 4.92. The molecule has 2 aromatic carbocycles. The van der Waals surface area contributed by atoms with Gasteiger partial charge in [-0.3, -0.25) is 0 Å². The fourth-order valence-electron chi connectivity index (χ4n) is 4.25. The van der Waals surface area contributed by atoms with E-state index in [0.29, 0.717) is 11.5 Å². The predicted molar refractivity (Wildman–Crippen MR) is 112 cm³/mol. The van der Waals surface area contributed by atoms with Crippen LogP contribution in [-0.4, -0.2) is 21.4 Å². The van der Waals surface area contributed by atoms with Crippen LogP contribution in [0.5, 0.6) is 0 Å². The van der Waals surface area contributed by atoms with Crippen LogP contribution in [0, 0.1) is 6.92 Å². The molecule has 0 saturated heterocycles. The molecule has 1 fully saturated rings. The summed E-state index contributed by atoms with van der Waals surface area (Å²) < 4.78 is 7.67. The lowest BCUT2D eigenvalue weighted by molar-refractivity contribution is 0.00696. The Hall–Kier alpha value is -2.62. The molecule has 0 radical (unpaired) electrons. The first-order chi connectivity index (χ1) is 13.3. The van der Waals surface area contributed by atoms with Crippen LogP contribution >= 0.6 is 0 Å². The molecular weight excluding hydrogens is 348 g/mol. The Kier molecular flexibility index (Phi) is 4.74. The van der Waals surface area contributed by atoms with Crippen molar-refractivity contribution < 1.29 is 9.53 Å². The highest BCUT2D eigenvalue weighted by atomic mass is 16.6. The number of hydrogen-bond donors (Lipinski definition) is 0. The summed E-state index contributed by atoms with van der Waals surface area (Å²) in [5.74, 6) is 0.213. The number of ether oxygens (including phenoxy) is 1. The number of hydrogen-bond acceptors (Lipinski definition) is 3. The number of benzene rings is 2. The molecule has 0 atom stereocenters. The quantitative estimate of drug-likeness (QED) is 0.531. The first-order valence-corrected chi connectivity index (χ1v) is 10.2. The molecular formula is C24H28N2O2. The Morgan fingerprint density at radius 1 is 1.11 bits per heavy atom. The number of nitrogens with zero attached hydrogens (tertiary/aromatic N) is 2. The predicted octanol–water partition coefficient (Wildman–Crippen LogP) is 5.95. The minimum atomic E-state index is -0.516. The van der Waals surface area contributed by atoms with Gasteiger partial charge in [0.25, 0.3) is 0 Å². The van der Waals surface area contributed by atoms with Gasteiger partial charge < -0.3 is 4.74 Å². The molecule has 1 aliphatic carbocycles. The highest BCUT2D eigenvalue weighted by Crippen LogP contribution is 2.40. The molecule has 0 aliphatic heterocycles. The fourth-order valence-corrected chi connectivity index (χ4v) is 4.25. The van der Waals surface area contributed by atoms with E-state index in [0.717, 1.165) is 16.8 Å². The van der Waals surface area contributed by atoms with E-state index in [9.17, 15) is 4.79 Å². The molecule has 4 heteroatoms. The first-order valence-electron chi connectivity index (χ1n) is 10.2. The van der Waals surface area contributed by atoms with E-state index in [1.54, 1.807) is 0 Å². The molecule has 0 amide bonds. The second-order valence-corrected chi connectivity index (χ2v) is 8.80. The van der Waals surface area contributed by atoms with Gasteiger partial charge in [-0.25, -0.2) is 9.48 Å². The smallest absolute Gasteiger partial charge is 0.338 e. The summed E-state index contributed by atoms with van der Waals surface area (Å²) >= 11 is 0. The SMILES string of the molecule is Cc1cc(C(=O)OC(C)(C)C)cc2nn(-c3ccccc3)c(C3CCCC3)c12. The van der Waals surface area contributed by atoms with E-state index < -0.39 is 5.60 Å². The molecule has 0 unspecified atom stereocenters. The van der Waals surface area contributed by atoms with Gasteiger partial charge in [0.05, 0.1) is 22.5 Å². The Balaban J connectivity index is 1.88. The standard InChI is InChI=1S/C24H28N2O2/c1-16-14-18(23(27)28-24(2,3)4)15-20-21(16)22(17-10-8-9-11-17)26(25-20)19-12-6-5-7-13-19/h5-7,12-15,17H,8-11H2,1-4H3. The van der Waals surface area contributed by atoms with Crippen molar-refractivity contribution in [1.29, 1.82) is 0 Å². The second kappa shape index (κ2) is 7.08. The lowest BCUT2D eigenvalue weighted by Gasteiger charge is -2.19. The van der Waals surface area contributed by atoms with Crippen LogP contribution in [0.3, 0.4) is 0 Å². The number of esters is 1. The molecule has 0 N–H and O–H groups in total. The van der Waals surface area contributed by atoms with Gasteiger partial charge in [-0.05, 0) is 70.4 Å². The summed E-state index contributed by atoms with van der Waals surface area (Å²) in [7, 11) is 0. The third-order valence-corrected chi connectivity index (χ3v) is 5.38. The van der Waals surface area contributed by atoms with Crippen molar-refractivity contribution in [3.8, 4) is 5.69 Å². The summed E-state index contributed by atoms with van der Waals surface area (Å²) in [5, 5.41) is 6.12. The number of carbonyl (C=O) groups is 1. The molecule has 0 bridgehead atoms. The zero-order chi connectivity index (χ0) is 19.9. The molecule has 28 heavy (non-hydrogen) atoms. The maximum absolute atomic E-state index is 12.6. The molecule has 1 heterocycles. The average Bonchev–Trinajstić information content (AvgIpc) is 3.28. The number of aromatic nitrogens is 2. The lowest BCUT2D eigenvalue weighted by Crippen LogP contribution is -2.23. The summed E-state index contributed by atoms with van der Waals surface area (Å²) in [5.41, 5.74) is 4.36. The fraction of sp³-hybridized carbons (Fsp3) is 0.417. The number of fused-ring (bicyclic) bond motifs is 1. The Morgan fingerprint density at radius 2 is 1.79 bits per heavy atom. The normalized spacial score (nSPS) is 15.3. The van der Waals surface area contributed by atoms with Gasteiger partial charge in [-0.15, -0.1) is 0 Å². The van der Waals surface area contributed by atoms with Crippen molar-refractivity contribution in [1.82, 2.24) is 9.78 Å². The monoisotopic (exact) mass is 376 g/mol. The maximum atomic E-state index is 12.6. The van der Waals surface area contributed by atoms with Gasteiger partial charge in [0.15, 0.2) is 0 Å². The van der Waals surface area contributed by atoms with Crippen LogP contribution in [0.15, 0.2) is 42.5 Å². The topological polar surface area (TPSA) is 44.1 Å². The Labute approximate surface area is 166 Å². The number of para-hydroxylation sites is 1. The molecule has 4 rings (SSSR count). The van der Waals surface area contributed by atoms with Gasteiger partial charge in [0, 0.05) is 11.3 Å². The second-order valence-electron chi connectivity index (χ2n) is 8.80. The average molecular weight is 377 g/mol. The van der Waals surface area contributed by atoms with E-state index in [1.807, 2.05) is 51.1 Å². The van der Waals surface area contributed by atoms with Crippen LogP contribution in [0.25, 0.3) is 16.6 Å². The summed E-state index contributed by atoms with van der Waals surface area (Å²) in [4.78, 5) is 12.6. The Morgan fingerprint density at radius 3 is 2.43 bits per heavy atom. The zero-order valence-corrected chi connectivity index (χ0v) is 17.2. The minimum absolute atomic E-state index is 0.297. The summed E-state index contributed by atoms with van der Waals surface area (Å²) in [6, 6.07) is 14.1. The third-order valence-electron chi connectivity index (χ3n) is 5.38. The van der Waals surface area contributed by atoms with Crippen molar-refractivity contribution >= 4 is 16.9 Å². The van der Waals surface area contributed by atoms with Crippen LogP contribution in [-0.2, 0) is 4.74 Å². The molecule has 0 spiro atoms. The van der Waals surface area contributed by atoms with E-state index in [4.69, 9.17) is 9.84 Å². The molecule has 4 nitrogen and oxygen atoms in total. The number of aryl methyl sites for hydroxylation is 1. The Bertz CT molecular complexity index is 1010. The highest BCUT2D eigenvalue weighted by molar-refractivity contribution is 5.97. The minimum Gasteiger partial charge on any atom is -0.456 e. The zero-order valence-electron chi connectivity index (χ0n) is 17.2. The number of rotatable bonds is 3. The van der Waals surface area contributed by atoms with E-state index >= 15 is 0 Å². The van der Waals surface area contributed by atoms with Crippen LogP contribution in [0.4, 0.5) is 0 Å².